The third kappa shape index (κ3) is 3.83. The average molecular weight is 432 g/mol. The molecule has 3 aromatic rings. The van der Waals surface area contributed by atoms with E-state index >= 15 is 0 Å². The van der Waals surface area contributed by atoms with Gasteiger partial charge in [-0.15, -0.1) is 0 Å². The summed E-state index contributed by atoms with van der Waals surface area (Å²) in [6.45, 7) is 4.47. The molecular weight excluding hydrogens is 407 g/mol. The lowest BCUT2D eigenvalue weighted by molar-refractivity contribution is -0.0313. The van der Waals surface area contributed by atoms with Crippen molar-refractivity contribution in [1.29, 1.82) is 0 Å². The lowest BCUT2D eigenvalue weighted by Crippen LogP contribution is -2.59. The molecule has 2 saturated heterocycles. The summed E-state index contributed by atoms with van der Waals surface area (Å²) in [5.41, 5.74) is 2.52. The molecule has 5 heterocycles. The number of aromatic nitrogens is 3. The molecule has 0 spiro atoms. The Labute approximate surface area is 186 Å². The van der Waals surface area contributed by atoms with Gasteiger partial charge in [0.05, 0.1) is 11.6 Å². The molecule has 3 aromatic heterocycles. The summed E-state index contributed by atoms with van der Waals surface area (Å²) in [5, 5.41) is 0. The van der Waals surface area contributed by atoms with Crippen molar-refractivity contribution in [3.05, 3.63) is 71.4 Å². The summed E-state index contributed by atoms with van der Waals surface area (Å²) >= 11 is 0. The van der Waals surface area contributed by atoms with Crippen molar-refractivity contribution in [3.63, 3.8) is 0 Å². The van der Waals surface area contributed by atoms with Gasteiger partial charge in [-0.05, 0) is 68.9 Å². The van der Waals surface area contributed by atoms with Gasteiger partial charge in [-0.3, -0.25) is 14.8 Å². The summed E-state index contributed by atoms with van der Waals surface area (Å²) in [4.78, 5) is 28.6. The molecule has 7 heteroatoms. The number of carbonyl (C=O) groups is 1. The molecule has 6 nitrogen and oxygen atoms in total. The predicted octanol–water partition coefficient (Wildman–Crippen LogP) is 4.37. The summed E-state index contributed by atoms with van der Waals surface area (Å²) in [6, 6.07) is 10.2. The molecule has 2 aliphatic heterocycles. The number of hydrogen-bond donors (Lipinski definition) is 0. The first-order chi connectivity index (χ1) is 15.5. The standard InChI is InChI=1S/C25H25FN4O2/c1-15-5-10-22(28-13-15)32-21-12-17-7-9-20(21)30(14-17)25(31)18-8-6-16(2)29-23(18)24-19(26)4-3-11-27-24/h3-6,8,10-11,13,17,20-21H,7,9,12,14H2,1-2H3. The number of aryl methyl sites for hydroxylation is 2. The predicted molar refractivity (Wildman–Crippen MR) is 118 cm³/mol. The van der Waals surface area contributed by atoms with E-state index in [1.54, 1.807) is 18.3 Å². The Bertz CT molecular complexity index is 1150. The van der Waals surface area contributed by atoms with Crippen molar-refractivity contribution >= 4 is 5.91 Å². The molecule has 1 amide bonds. The van der Waals surface area contributed by atoms with Gasteiger partial charge in [-0.25, -0.2) is 9.37 Å². The minimum absolute atomic E-state index is 0.0571. The van der Waals surface area contributed by atoms with Crippen molar-refractivity contribution in [2.75, 3.05) is 6.54 Å². The number of nitrogens with zero attached hydrogens (tertiary/aromatic N) is 4. The molecular formula is C25H25FN4O2. The fourth-order valence-corrected chi connectivity index (χ4v) is 4.80. The van der Waals surface area contributed by atoms with Crippen LogP contribution in [0.2, 0.25) is 0 Å². The van der Waals surface area contributed by atoms with E-state index in [1.807, 2.05) is 30.9 Å². The van der Waals surface area contributed by atoms with Crippen LogP contribution in [0, 0.1) is 25.6 Å². The SMILES string of the molecule is Cc1ccc(OC2CC3CCC2N(C(=O)c2ccc(C)nc2-c2ncccc2F)C3)nc1. The van der Waals surface area contributed by atoms with E-state index in [4.69, 9.17) is 4.74 Å². The van der Waals surface area contributed by atoms with E-state index in [-0.39, 0.29) is 29.4 Å². The lowest BCUT2D eigenvalue weighted by Gasteiger charge is -2.49. The van der Waals surface area contributed by atoms with Gasteiger partial charge in [-0.2, -0.15) is 0 Å². The number of fused-ring (bicyclic) bond motifs is 3. The van der Waals surface area contributed by atoms with Crippen molar-refractivity contribution < 1.29 is 13.9 Å². The Morgan fingerprint density at radius 2 is 1.97 bits per heavy atom. The molecule has 0 radical (unpaired) electrons. The summed E-state index contributed by atoms with van der Waals surface area (Å²) in [6.07, 6.45) is 6.03. The second-order valence-electron chi connectivity index (χ2n) is 8.72. The van der Waals surface area contributed by atoms with E-state index < -0.39 is 5.82 Å². The molecule has 3 fully saturated rings. The van der Waals surface area contributed by atoms with Gasteiger partial charge >= 0.3 is 0 Å². The Morgan fingerprint density at radius 3 is 2.72 bits per heavy atom. The van der Waals surface area contributed by atoms with Crippen LogP contribution in [-0.4, -0.2) is 44.4 Å². The first-order valence-electron chi connectivity index (χ1n) is 11.0. The second kappa shape index (κ2) is 8.30. The van der Waals surface area contributed by atoms with Crippen LogP contribution in [0.15, 0.2) is 48.8 Å². The second-order valence-corrected chi connectivity index (χ2v) is 8.72. The van der Waals surface area contributed by atoms with Crippen molar-refractivity contribution in [3.8, 4) is 17.3 Å². The van der Waals surface area contributed by atoms with Crippen LogP contribution in [-0.2, 0) is 0 Å². The van der Waals surface area contributed by atoms with Gasteiger partial charge in [0.15, 0.2) is 5.82 Å². The molecule has 0 aromatic carbocycles. The van der Waals surface area contributed by atoms with Crippen LogP contribution in [0.25, 0.3) is 11.4 Å². The van der Waals surface area contributed by atoms with Crippen LogP contribution in [0.4, 0.5) is 4.39 Å². The third-order valence-corrected chi connectivity index (χ3v) is 6.39. The maximum atomic E-state index is 14.5. The molecule has 6 rings (SSSR count). The molecule has 32 heavy (non-hydrogen) atoms. The van der Waals surface area contributed by atoms with Gasteiger partial charge in [-0.1, -0.05) is 6.07 Å². The van der Waals surface area contributed by atoms with Gasteiger partial charge in [0, 0.05) is 30.7 Å². The number of hydrogen-bond acceptors (Lipinski definition) is 5. The number of rotatable bonds is 4. The lowest BCUT2D eigenvalue weighted by atomic mass is 9.77. The van der Waals surface area contributed by atoms with Crippen LogP contribution in [0.3, 0.4) is 0 Å². The molecule has 1 saturated carbocycles. The quantitative estimate of drug-likeness (QED) is 0.613. The molecule has 0 N–H and O–H groups in total. The first kappa shape index (κ1) is 20.5. The number of carbonyl (C=O) groups excluding carboxylic acids is 1. The molecule has 1 aliphatic carbocycles. The molecule has 2 bridgehead atoms. The van der Waals surface area contributed by atoms with Gasteiger partial charge in [0.2, 0.25) is 5.88 Å². The van der Waals surface area contributed by atoms with Crippen LogP contribution >= 0.6 is 0 Å². The number of halogens is 1. The topological polar surface area (TPSA) is 68.2 Å². The first-order valence-corrected chi connectivity index (χ1v) is 11.0. The minimum Gasteiger partial charge on any atom is -0.472 e. The van der Waals surface area contributed by atoms with Gasteiger partial charge < -0.3 is 9.64 Å². The van der Waals surface area contributed by atoms with E-state index in [2.05, 4.69) is 15.0 Å². The molecule has 3 atom stereocenters. The van der Waals surface area contributed by atoms with Gasteiger partial charge in [0.1, 0.15) is 17.5 Å². The van der Waals surface area contributed by atoms with E-state index in [1.165, 1.54) is 18.3 Å². The maximum absolute atomic E-state index is 14.5. The monoisotopic (exact) mass is 432 g/mol. The van der Waals surface area contributed by atoms with Crippen molar-refractivity contribution in [1.82, 2.24) is 19.9 Å². The van der Waals surface area contributed by atoms with Crippen molar-refractivity contribution in [2.45, 2.75) is 45.3 Å². The number of amides is 1. The van der Waals surface area contributed by atoms with Crippen LogP contribution < -0.4 is 4.74 Å². The zero-order valence-electron chi connectivity index (χ0n) is 18.2. The number of piperidine rings is 2. The molecule has 164 valence electrons. The van der Waals surface area contributed by atoms with Crippen LogP contribution in [0.1, 0.15) is 40.9 Å². The Hall–Kier alpha value is -3.35. The Balaban J connectivity index is 1.46. The van der Waals surface area contributed by atoms with E-state index in [9.17, 15) is 9.18 Å². The zero-order chi connectivity index (χ0) is 22.2. The number of pyridine rings is 3. The summed E-state index contributed by atoms with van der Waals surface area (Å²) < 4.78 is 20.7. The average Bonchev–Trinajstić information content (AvgIpc) is 2.81. The molecule has 3 unspecified atom stereocenters. The van der Waals surface area contributed by atoms with Gasteiger partial charge in [0.25, 0.3) is 5.91 Å². The zero-order valence-corrected chi connectivity index (χ0v) is 18.2. The highest BCUT2D eigenvalue weighted by molar-refractivity contribution is 6.00. The minimum atomic E-state index is -0.494. The Kier molecular flexibility index (Phi) is 5.33. The fraction of sp³-hybridized carbons (Fsp3) is 0.360. The van der Waals surface area contributed by atoms with E-state index in [0.29, 0.717) is 29.6 Å². The molecule has 3 aliphatic rings. The largest absolute Gasteiger partial charge is 0.472 e. The van der Waals surface area contributed by atoms with Crippen LogP contribution in [0.5, 0.6) is 5.88 Å². The maximum Gasteiger partial charge on any atom is 0.256 e. The summed E-state index contributed by atoms with van der Waals surface area (Å²) in [7, 11) is 0. The fourth-order valence-electron chi connectivity index (χ4n) is 4.80. The number of ether oxygens (including phenoxy) is 1. The Morgan fingerprint density at radius 1 is 1.09 bits per heavy atom. The highest BCUT2D eigenvalue weighted by Crippen LogP contribution is 2.38. The summed E-state index contributed by atoms with van der Waals surface area (Å²) in [5.74, 6) is 0.297. The highest BCUT2D eigenvalue weighted by atomic mass is 19.1. The van der Waals surface area contributed by atoms with E-state index in [0.717, 1.165) is 24.8 Å². The smallest absolute Gasteiger partial charge is 0.256 e. The van der Waals surface area contributed by atoms with Crippen molar-refractivity contribution in [2.24, 2.45) is 5.92 Å². The normalized spacial score (nSPS) is 22.1. The highest BCUT2D eigenvalue weighted by Gasteiger charge is 2.45. The third-order valence-electron chi connectivity index (χ3n) is 6.39.